The first-order valence-corrected chi connectivity index (χ1v) is 9.39. The molecule has 1 aromatic heterocycles. The fourth-order valence-electron chi connectivity index (χ4n) is 4.15. The molecule has 0 N–H and O–H groups in total. The second-order valence-corrected chi connectivity index (χ2v) is 7.18. The van der Waals surface area contributed by atoms with Crippen molar-refractivity contribution in [2.45, 2.75) is 65.2 Å². The average molecular weight is 319 g/mol. The van der Waals surface area contributed by atoms with Crippen LogP contribution in [0.25, 0.3) is 5.57 Å². The number of rotatable bonds is 3. The molecule has 2 aromatic rings. The topological polar surface area (TPSA) is 12.9 Å². The third-order valence-electron chi connectivity index (χ3n) is 5.34. The van der Waals surface area contributed by atoms with E-state index < -0.39 is 0 Å². The molecule has 1 heterocycles. The molecule has 0 spiro atoms. The molecule has 0 saturated heterocycles. The van der Waals surface area contributed by atoms with Gasteiger partial charge in [-0.25, -0.2) is 0 Å². The Labute approximate surface area is 146 Å². The predicted molar refractivity (Wildman–Crippen MR) is 103 cm³/mol. The number of aryl methyl sites for hydroxylation is 2. The van der Waals surface area contributed by atoms with Gasteiger partial charge in [-0.15, -0.1) is 0 Å². The first kappa shape index (κ1) is 17.0. The van der Waals surface area contributed by atoms with Crippen molar-refractivity contribution < 1.29 is 0 Å². The van der Waals surface area contributed by atoms with Crippen LogP contribution in [0.3, 0.4) is 0 Å². The number of hydrogen-bond acceptors (Lipinski definition) is 1. The van der Waals surface area contributed by atoms with Gasteiger partial charge >= 0.3 is 0 Å². The molecule has 0 amide bonds. The van der Waals surface area contributed by atoms with E-state index >= 15 is 0 Å². The maximum atomic E-state index is 4.42. The summed E-state index contributed by atoms with van der Waals surface area (Å²) < 4.78 is 0. The lowest BCUT2D eigenvalue weighted by molar-refractivity contribution is 0.591. The SMILES string of the molecule is C/C=C(/c1cncc(C)c1)c1c(C)cccc1C1CCCCCC1. The van der Waals surface area contributed by atoms with Gasteiger partial charge in [-0.1, -0.05) is 50.0 Å². The number of allylic oxidation sites excluding steroid dienone is 1. The van der Waals surface area contributed by atoms with Crippen LogP contribution in [0.2, 0.25) is 0 Å². The Balaban J connectivity index is 2.08. The Bertz CT molecular complexity index is 719. The monoisotopic (exact) mass is 319 g/mol. The molecule has 1 aromatic carbocycles. The molecule has 0 aliphatic heterocycles. The van der Waals surface area contributed by atoms with Gasteiger partial charge in [0.15, 0.2) is 0 Å². The summed E-state index contributed by atoms with van der Waals surface area (Å²) in [5.41, 5.74) is 8.17. The van der Waals surface area contributed by atoms with Crippen molar-refractivity contribution in [3.8, 4) is 0 Å². The third kappa shape index (κ3) is 3.61. The van der Waals surface area contributed by atoms with Crippen molar-refractivity contribution in [3.63, 3.8) is 0 Å². The van der Waals surface area contributed by atoms with Crippen LogP contribution in [-0.2, 0) is 0 Å². The molecule has 1 heteroatoms. The number of pyridine rings is 1. The highest BCUT2D eigenvalue weighted by atomic mass is 14.6. The zero-order valence-electron chi connectivity index (χ0n) is 15.3. The fraction of sp³-hybridized carbons (Fsp3) is 0.435. The molecular formula is C23H29N. The second-order valence-electron chi connectivity index (χ2n) is 7.18. The maximum Gasteiger partial charge on any atom is 0.0346 e. The molecule has 1 fully saturated rings. The lowest BCUT2D eigenvalue weighted by Gasteiger charge is -2.22. The van der Waals surface area contributed by atoms with Crippen molar-refractivity contribution in [1.82, 2.24) is 4.98 Å². The fourth-order valence-corrected chi connectivity index (χ4v) is 4.15. The summed E-state index contributed by atoms with van der Waals surface area (Å²) in [4.78, 5) is 4.42. The van der Waals surface area contributed by atoms with E-state index in [2.05, 4.69) is 56.1 Å². The van der Waals surface area contributed by atoms with E-state index in [9.17, 15) is 0 Å². The van der Waals surface area contributed by atoms with Gasteiger partial charge in [0.2, 0.25) is 0 Å². The average Bonchev–Trinajstić information content (AvgIpc) is 2.86. The molecule has 1 saturated carbocycles. The van der Waals surface area contributed by atoms with Crippen molar-refractivity contribution in [3.05, 3.63) is 70.6 Å². The molecule has 1 aliphatic carbocycles. The van der Waals surface area contributed by atoms with E-state index in [1.807, 2.05) is 12.4 Å². The van der Waals surface area contributed by atoms with Gasteiger partial charge in [0.1, 0.15) is 0 Å². The van der Waals surface area contributed by atoms with Gasteiger partial charge < -0.3 is 0 Å². The summed E-state index contributed by atoms with van der Waals surface area (Å²) in [6, 6.07) is 9.11. The quantitative estimate of drug-likeness (QED) is 0.582. The molecule has 0 radical (unpaired) electrons. The summed E-state index contributed by atoms with van der Waals surface area (Å²) in [5, 5.41) is 0. The molecular weight excluding hydrogens is 290 g/mol. The molecule has 1 aliphatic rings. The molecule has 0 bridgehead atoms. The van der Waals surface area contributed by atoms with Gasteiger partial charge in [0.05, 0.1) is 0 Å². The summed E-state index contributed by atoms with van der Waals surface area (Å²) >= 11 is 0. The summed E-state index contributed by atoms with van der Waals surface area (Å²) in [6.07, 6.45) is 14.4. The van der Waals surface area contributed by atoms with Crippen LogP contribution in [0.4, 0.5) is 0 Å². The van der Waals surface area contributed by atoms with Crippen molar-refractivity contribution in [2.24, 2.45) is 0 Å². The first-order chi connectivity index (χ1) is 11.7. The Kier molecular flexibility index (Phi) is 5.50. The van der Waals surface area contributed by atoms with Crippen LogP contribution in [0.5, 0.6) is 0 Å². The highest BCUT2D eigenvalue weighted by Crippen LogP contribution is 2.38. The van der Waals surface area contributed by atoms with Crippen LogP contribution in [0, 0.1) is 13.8 Å². The maximum absolute atomic E-state index is 4.42. The minimum absolute atomic E-state index is 0.704. The van der Waals surface area contributed by atoms with E-state index in [4.69, 9.17) is 0 Å². The summed E-state index contributed by atoms with van der Waals surface area (Å²) in [6.45, 7) is 6.52. The van der Waals surface area contributed by atoms with Crippen molar-refractivity contribution in [1.29, 1.82) is 0 Å². The lowest BCUT2D eigenvalue weighted by Crippen LogP contribution is -2.05. The van der Waals surface area contributed by atoms with E-state index in [1.165, 1.54) is 66.4 Å². The standard InChI is InChI=1S/C23H29N/c1-4-21(20-14-17(2)15-24-16-20)23-18(3)10-9-13-22(23)19-11-7-5-6-8-12-19/h4,9-10,13-16,19H,5-8,11-12H2,1-3H3/b21-4-. The molecule has 0 atom stereocenters. The van der Waals surface area contributed by atoms with E-state index in [0.717, 1.165) is 0 Å². The van der Waals surface area contributed by atoms with Gasteiger partial charge in [-0.3, -0.25) is 4.98 Å². The van der Waals surface area contributed by atoms with Crippen LogP contribution in [-0.4, -0.2) is 4.98 Å². The largest absolute Gasteiger partial charge is 0.264 e. The van der Waals surface area contributed by atoms with E-state index in [1.54, 1.807) is 5.56 Å². The zero-order valence-corrected chi connectivity index (χ0v) is 15.3. The number of nitrogens with zero attached hydrogens (tertiary/aromatic N) is 1. The van der Waals surface area contributed by atoms with Gasteiger partial charge in [0.25, 0.3) is 0 Å². The van der Waals surface area contributed by atoms with Gasteiger partial charge in [-0.2, -0.15) is 0 Å². The van der Waals surface area contributed by atoms with Crippen LogP contribution < -0.4 is 0 Å². The summed E-state index contributed by atoms with van der Waals surface area (Å²) in [7, 11) is 0. The van der Waals surface area contributed by atoms with Gasteiger partial charge in [0, 0.05) is 18.0 Å². The number of benzene rings is 1. The molecule has 1 nitrogen and oxygen atoms in total. The smallest absolute Gasteiger partial charge is 0.0346 e. The molecule has 126 valence electrons. The predicted octanol–water partition coefficient (Wildman–Crippen LogP) is 6.59. The molecule has 24 heavy (non-hydrogen) atoms. The lowest BCUT2D eigenvalue weighted by atomic mass is 9.82. The number of aromatic nitrogens is 1. The Morgan fingerprint density at radius 2 is 1.79 bits per heavy atom. The highest BCUT2D eigenvalue weighted by Gasteiger charge is 2.20. The Hall–Kier alpha value is -1.89. The van der Waals surface area contributed by atoms with Gasteiger partial charge in [-0.05, 0) is 73.4 Å². The Morgan fingerprint density at radius 3 is 2.46 bits per heavy atom. The first-order valence-electron chi connectivity index (χ1n) is 9.39. The number of hydrogen-bond donors (Lipinski definition) is 0. The Morgan fingerprint density at radius 1 is 1.04 bits per heavy atom. The van der Waals surface area contributed by atoms with Crippen LogP contribution >= 0.6 is 0 Å². The van der Waals surface area contributed by atoms with Crippen molar-refractivity contribution >= 4 is 5.57 Å². The normalized spacial score (nSPS) is 16.9. The molecule has 3 rings (SSSR count). The minimum atomic E-state index is 0.704. The third-order valence-corrected chi connectivity index (χ3v) is 5.34. The summed E-state index contributed by atoms with van der Waals surface area (Å²) in [5.74, 6) is 0.704. The van der Waals surface area contributed by atoms with Crippen LogP contribution in [0.1, 0.15) is 79.2 Å². The second kappa shape index (κ2) is 7.79. The highest BCUT2D eigenvalue weighted by molar-refractivity contribution is 5.83. The van der Waals surface area contributed by atoms with Crippen LogP contribution in [0.15, 0.2) is 42.7 Å². The van der Waals surface area contributed by atoms with E-state index in [-0.39, 0.29) is 0 Å². The zero-order chi connectivity index (χ0) is 16.9. The minimum Gasteiger partial charge on any atom is -0.264 e. The molecule has 0 unspecified atom stereocenters. The van der Waals surface area contributed by atoms with E-state index in [0.29, 0.717) is 5.92 Å². The van der Waals surface area contributed by atoms with Crippen molar-refractivity contribution in [2.75, 3.05) is 0 Å².